The van der Waals surface area contributed by atoms with Crippen LogP contribution in [0.15, 0.2) is 47.6 Å². The molecule has 1 aromatic carbocycles. The van der Waals surface area contributed by atoms with E-state index in [1.54, 1.807) is 25.1 Å². The van der Waals surface area contributed by atoms with Gasteiger partial charge in [-0.15, -0.1) is 0 Å². The fourth-order valence-electron chi connectivity index (χ4n) is 3.24. The van der Waals surface area contributed by atoms with Crippen molar-refractivity contribution in [2.24, 2.45) is 4.99 Å². The number of amides is 2. The van der Waals surface area contributed by atoms with Crippen LogP contribution in [0.25, 0.3) is 5.82 Å². The Morgan fingerprint density at radius 2 is 2.03 bits per heavy atom. The summed E-state index contributed by atoms with van der Waals surface area (Å²) >= 11 is 6.09. The van der Waals surface area contributed by atoms with Crippen LogP contribution in [0.5, 0.6) is 0 Å². The average molecular weight is 477 g/mol. The third kappa shape index (κ3) is 4.58. The monoisotopic (exact) mass is 476 g/mol. The van der Waals surface area contributed by atoms with Crippen molar-refractivity contribution in [3.05, 3.63) is 70.1 Å². The first kappa shape index (κ1) is 22.5. The molecule has 0 spiro atoms. The van der Waals surface area contributed by atoms with E-state index < -0.39 is 23.5 Å². The van der Waals surface area contributed by atoms with Gasteiger partial charge in [0.25, 0.3) is 5.91 Å². The quantitative estimate of drug-likeness (QED) is 0.598. The molecule has 0 radical (unpaired) electrons. The summed E-state index contributed by atoms with van der Waals surface area (Å²) in [5.41, 5.74) is -0.373. The Hall–Kier alpha value is -3.73. The number of aromatic nitrogens is 3. The van der Waals surface area contributed by atoms with Gasteiger partial charge in [-0.1, -0.05) is 23.7 Å². The lowest BCUT2D eigenvalue weighted by molar-refractivity contribution is -0.141. The van der Waals surface area contributed by atoms with Crippen molar-refractivity contribution < 1.29 is 22.8 Å². The van der Waals surface area contributed by atoms with Crippen LogP contribution in [0.1, 0.15) is 33.7 Å². The summed E-state index contributed by atoms with van der Waals surface area (Å²) in [7, 11) is 0. The minimum Gasteiger partial charge on any atom is -0.320 e. The highest BCUT2D eigenvalue weighted by molar-refractivity contribution is 6.32. The number of carbonyl (C=O) groups is 2. The number of amidine groups is 1. The zero-order valence-electron chi connectivity index (χ0n) is 17.1. The number of hydrogen-bond donors (Lipinski definition) is 2. The molecular weight excluding hydrogens is 461 g/mol. The van der Waals surface area contributed by atoms with Gasteiger partial charge in [-0.05, 0) is 30.7 Å². The molecule has 0 atom stereocenters. The minimum absolute atomic E-state index is 0.0132. The van der Waals surface area contributed by atoms with Crippen molar-refractivity contribution in [3.8, 4) is 5.82 Å². The fourth-order valence-corrected chi connectivity index (χ4v) is 3.44. The lowest BCUT2D eigenvalue weighted by Crippen LogP contribution is -2.36. The second-order valence-electron chi connectivity index (χ2n) is 7.11. The number of aryl methyl sites for hydroxylation is 1. The van der Waals surface area contributed by atoms with Crippen LogP contribution in [0.2, 0.25) is 5.02 Å². The molecule has 4 rings (SSSR count). The molecule has 0 saturated carbocycles. The number of pyridine rings is 1. The standard InChI is InChI=1S/C21H16ClF3N6O2/c1-11-4-2-5-12(18-26-9-7-16(32)28-18)17(11)29-20(33)14-10-15(21(23,24)25)30-31(14)19-13(22)6-3-8-27-19/h2-6,8,10H,7,9H2,1H3,(H,29,33)(H,26,28,32). The number of benzene rings is 1. The van der Waals surface area contributed by atoms with E-state index in [-0.39, 0.29) is 41.2 Å². The van der Waals surface area contributed by atoms with Gasteiger partial charge in [0.05, 0.1) is 17.3 Å². The summed E-state index contributed by atoms with van der Waals surface area (Å²) < 4.78 is 40.9. The van der Waals surface area contributed by atoms with Crippen molar-refractivity contribution in [1.29, 1.82) is 0 Å². The number of para-hydroxylation sites is 1. The van der Waals surface area contributed by atoms with E-state index in [0.29, 0.717) is 17.2 Å². The normalized spacial score (nSPS) is 14.0. The molecule has 0 bridgehead atoms. The fraction of sp³-hybridized carbons (Fsp3) is 0.190. The molecule has 0 unspecified atom stereocenters. The number of rotatable bonds is 4. The highest BCUT2D eigenvalue weighted by Gasteiger charge is 2.36. The van der Waals surface area contributed by atoms with Crippen LogP contribution in [0, 0.1) is 6.92 Å². The molecule has 3 aromatic rings. The number of nitrogens with zero attached hydrogens (tertiary/aromatic N) is 4. The Morgan fingerprint density at radius 3 is 2.73 bits per heavy atom. The molecule has 1 aliphatic rings. The third-order valence-electron chi connectivity index (χ3n) is 4.81. The third-order valence-corrected chi connectivity index (χ3v) is 5.10. The average Bonchev–Trinajstić information content (AvgIpc) is 3.21. The maximum Gasteiger partial charge on any atom is 0.435 e. The van der Waals surface area contributed by atoms with Gasteiger partial charge in [0.15, 0.2) is 11.5 Å². The highest BCUT2D eigenvalue weighted by atomic mass is 35.5. The SMILES string of the molecule is Cc1cccc(C2=NCCC(=O)N2)c1NC(=O)c1cc(C(F)(F)F)nn1-c1ncccc1Cl. The predicted octanol–water partition coefficient (Wildman–Crippen LogP) is 3.77. The summed E-state index contributed by atoms with van der Waals surface area (Å²) in [6.07, 6.45) is -3.24. The Bertz CT molecular complexity index is 1290. The van der Waals surface area contributed by atoms with Gasteiger partial charge < -0.3 is 10.6 Å². The van der Waals surface area contributed by atoms with Crippen LogP contribution in [0.4, 0.5) is 18.9 Å². The van der Waals surface area contributed by atoms with Crippen molar-refractivity contribution in [2.75, 3.05) is 11.9 Å². The van der Waals surface area contributed by atoms with E-state index >= 15 is 0 Å². The van der Waals surface area contributed by atoms with Gasteiger partial charge in [0.2, 0.25) is 5.91 Å². The number of carbonyl (C=O) groups excluding carboxylic acids is 2. The number of alkyl halides is 3. The van der Waals surface area contributed by atoms with E-state index in [4.69, 9.17) is 11.6 Å². The number of halogens is 4. The lowest BCUT2D eigenvalue weighted by atomic mass is 10.1. The van der Waals surface area contributed by atoms with Gasteiger partial charge in [-0.3, -0.25) is 14.6 Å². The van der Waals surface area contributed by atoms with Gasteiger partial charge in [-0.2, -0.15) is 18.3 Å². The summed E-state index contributed by atoms with van der Waals surface area (Å²) in [6.45, 7) is 1.99. The number of aliphatic imine (C=N–C) groups is 1. The molecule has 170 valence electrons. The molecule has 2 N–H and O–H groups in total. The molecule has 1 aliphatic heterocycles. The van der Waals surface area contributed by atoms with Crippen LogP contribution in [0.3, 0.4) is 0 Å². The molecule has 0 saturated heterocycles. The zero-order chi connectivity index (χ0) is 23.8. The second kappa shape index (κ2) is 8.66. The Labute approximate surface area is 190 Å². The Kier molecular flexibility index (Phi) is 5.90. The van der Waals surface area contributed by atoms with E-state index in [1.165, 1.54) is 18.3 Å². The van der Waals surface area contributed by atoms with Gasteiger partial charge in [-0.25, -0.2) is 9.67 Å². The van der Waals surface area contributed by atoms with Crippen molar-refractivity contribution in [3.63, 3.8) is 0 Å². The maximum atomic E-state index is 13.4. The van der Waals surface area contributed by atoms with Gasteiger partial charge >= 0.3 is 6.18 Å². The van der Waals surface area contributed by atoms with E-state index in [9.17, 15) is 22.8 Å². The van der Waals surface area contributed by atoms with E-state index in [2.05, 4.69) is 25.7 Å². The maximum absolute atomic E-state index is 13.4. The molecular formula is C21H16ClF3N6O2. The number of hydrogen-bond acceptors (Lipinski definition) is 5. The molecule has 2 amide bonds. The van der Waals surface area contributed by atoms with Crippen molar-refractivity contribution in [2.45, 2.75) is 19.5 Å². The van der Waals surface area contributed by atoms with Crippen LogP contribution in [-0.4, -0.2) is 39.0 Å². The van der Waals surface area contributed by atoms with Gasteiger partial charge in [0, 0.05) is 24.2 Å². The molecule has 2 aromatic heterocycles. The molecule has 0 fully saturated rings. The largest absolute Gasteiger partial charge is 0.435 e. The molecule has 33 heavy (non-hydrogen) atoms. The molecule has 8 nitrogen and oxygen atoms in total. The highest BCUT2D eigenvalue weighted by Crippen LogP contribution is 2.31. The van der Waals surface area contributed by atoms with E-state index in [1.807, 2.05) is 0 Å². The van der Waals surface area contributed by atoms with Crippen molar-refractivity contribution in [1.82, 2.24) is 20.1 Å². The van der Waals surface area contributed by atoms with E-state index in [0.717, 1.165) is 4.68 Å². The molecule has 0 aliphatic carbocycles. The van der Waals surface area contributed by atoms with Crippen LogP contribution in [-0.2, 0) is 11.0 Å². The summed E-state index contributed by atoms with van der Waals surface area (Å²) in [5, 5.41) is 8.82. The summed E-state index contributed by atoms with van der Waals surface area (Å²) in [4.78, 5) is 33.2. The second-order valence-corrected chi connectivity index (χ2v) is 7.52. The zero-order valence-corrected chi connectivity index (χ0v) is 17.8. The molecule has 12 heteroatoms. The summed E-state index contributed by atoms with van der Waals surface area (Å²) in [5.74, 6) is -0.967. The number of nitrogens with one attached hydrogen (secondary N) is 2. The van der Waals surface area contributed by atoms with Gasteiger partial charge in [0.1, 0.15) is 11.5 Å². The first-order chi connectivity index (χ1) is 15.6. The van der Waals surface area contributed by atoms with Crippen molar-refractivity contribution >= 4 is 34.9 Å². The first-order valence-electron chi connectivity index (χ1n) is 9.69. The Balaban J connectivity index is 1.78. The van der Waals surface area contributed by atoms with Crippen LogP contribution >= 0.6 is 11.6 Å². The number of anilines is 1. The topological polar surface area (TPSA) is 101 Å². The molecule has 3 heterocycles. The smallest absolute Gasteiger partial charge is 0.320 e. The lowest BCUT2D eigenvalue weighted by Gasteiger charge is -2.18. The Morgan fingerprint density at radius 1 is 1.24 bits per heavy atom. The first-order valence-corrected chi connectivity index (χ1v) is 10.1. The minimum atomic E-state index is -4.80. The predicted molar refractivity (Wildman–Crippen MR) is 115 cm³/mol. The van der Waals surface area contributed by atoms with Crippen LogP contribution < -0.4 is 10.6 Å². The summed E-state index contributed by atoms with van der Waals surface area (Å²) in [6, 6.07) is 8.60.